The van der Waals surface area contributed by atoms with Crippen molar-refractivity contribution in [1.82, 2.24) is 4.90 Å². The first-order chi connectivity index (χ1) is 14.2. The lowest BCUT2D eigenvalue weighted by molar-refractivity contribution is -0.274. The largest absolute Gasteiger partial charge is 0.573 e. The number of halogens is 3. The van der Waals surface area contributed by atoms with Crippen LogP contribution in [0.1, 0.15) is 31.7 Å². The second-order valence-corrected chi connectivity index (χ2v) is 8.37. The number of amides is 1. The van der Waals surface area contributed by atoms with Gasteiger partial charge in [0.1, 0.15) is 5.75 Å². The Hall–Kier alpha value is -2.26. The Labute approximate surface area is 178 Å². The summed E-state index contributed by atoms with van der Waals surface area (Å²) in [4.78, 5) is 15.7. The lowest BCUT2D eigenvalue weighted by Gasteiger charge is -2.41. The van der Waals surface area contributed by atoms with Gasteiger partial charge >= 0.3 is 6.36 Å². The summed E-state index contributed by atoms with van der Waals surface area (Å²) in [6.07, 6.45) is -2.57. The smallest absolute Gasteiger partial charge is 0.406 e. The molecule has 9 heteroatoms. The fourth-order valence-corrected chi connectivity index (χ4v) is 4.57. The molecule has 3 rings (SSSR count). The van der Waals surface area contributed by atoms with Crippen molar-refractivity contribution in [3.05, 3.63) is 46.7 Å². The Kier molecular flexibility index (Phi) is 7.25. The number of alkyl halides is 3. The van der Waals surface area contributed by atoms with Crippen LogP contribution in [0.3, 0.4) is 0 Å². The molecule has 1 atom stereocenters. The summed E-state index contributed by atoms with van der Waals surface area (Å²) in [7, 11) is 0. The first-order valence-corrected chi connectivity index (χ1v) is 10.8. The van der Waals surface area contributed by atoms with Crippen LogP contribution in [0.15, 0.2) is 41.1 Å². The standard InChI is InChI=1S/C21H26F3N3O2S/c1-15(12-20(25)28)26-9-6-18(7-10-26)27(13-16-8-11-30-14-16)17-2-4-19(5-3-17)29-21(22,23)24/h2-5,8,11,14-15,18H,6-7,9-10,12-13H2,1H3,(H2,25,28). The Bertz CT molecular complexity index is 804. The van der Waals surface area contributed by atoms with Crippen molar-refractivity contribution in [3.63, 3.8) is 0 Å². The van der Waals surface area contributed by atoms with Crippen LogP contribution in [0.2, 0.25) is 0 Å². The third-order valence-corrected chi connectivity index (χ3v) is 6.13. The van der Waals surface area contributed by atoms with Gasteiger partial charge in [-0.25, -0.2) is 0 Å². The molecule has 5 nitrogen and oxygen atoms in total. The lowest BCUT2D eigenvalue weighted by atomic mass is 9.99. The second kappa shape index (κ2) is 9.70. The van der Waals surface area contributed by atoms with Gasteiger partial charge in [0.2, 0.25) is 5.91 Å². The zero-order chi connectivity index (χ0) is 21.7. The molecule has 1 fully saturated rings. The normalized spacial score (nSPS) is 16.9. The molecular formula is C21H26F3N3O2S. The van der Waals surface area contributed by atoms with Crippen molar-refractivity contribution in [2.45, 2.75) is 51.2 Å². The molecular weight excluding hydrogens is 415 g/mol. The van der Waals surface area contributed by atoms with Gasteiger partial charge in [-0.3, -0.25) is 9.69 Å². The van der Waals surface area contributed by atoms with Crippen LogP contribution in [-0.2, 0) is 11.3 Å². The molecule has 1 unspecified atom stereocenters. The predicted octanol–water partition coefficient (Wildman–Crippen LogP) is 4.38. The molecule has 1 aliphatic rings. The molecule has 1 aromatic carbocycles. The number of primary amides is 1. The van der Waals surface area contributed by atoms with Crippen molar-refractivity contribution in [1.29, 1.82) is 0 Å². The number of likely N-dealkylation sites (tertiary alicyclic amines) is 1. The number of ether oxygens (including phenoxy) is 1. The van der Waals surface area contributed by atoms with Gasteiger partial charge < -0.3 is 15.4 Å². The van der Waals surface area contributed by atoms with Crippen molar-refractivity contribution in [3.8, 4) is 5.75 Å². The summed E-state index contributed by atoms with van der Waals surface area (Å²) in [5, 5.41) is 4.10. The van der Waals surface area contributed by atoms with Crippen LogP contribution in [0.25, 0.3) is 0 Å². The highest BCUT2D eigenvalue weighted by atomic mass is 32.1. The molecule has 2 aromatic rings. The molecule has 2 N–H and O–H groups in total. The summed E-state index contributed by atoms with van der Waals surface area (Å²) in [6.45, 7) is 4.38. The van der Waals surface area contributed by atoms with Gasteiger partial charge in [-0.2, -0.15) is 11.3 Å². The van der Waals surface area contributed by atoms with E-state index in [1.54, 1.807) is 23.5 Å². The fourth-order valence-electron chi connectivity index (χ4n) is 3.91. The second-order valence-electron chi connectivity index (χ2n) is 7.59. The van der Waals surface area contributed by atoms with Crippen LogP contribution in [-0.4, -0.2) is 42.3 Å². The number of benzene rings is 1. The maximum absolute atomic E-state index is 12.5. The van der Waals surface area contributed by atoms with E-state index in [4.69, 9.17) is 5.73 Å². The van der Waals surface area contributed by atoms with E-state index in [0.29, 0.717) is 13.0 Å². The summed E-state index contributed by atoms with van der Waals surface area (Å²) < 4.78 is 41.4. The van der Waals surface area contributed by atoms with Crippen LogP contribution >= 0.6 is 11.3 Å². The van der Waals surface area contributed by atoms with Crippen molar-refractivity contribution in [2.24, 2.45) is 5.73 Å². The number of anilines is 1. The maximum Gasteiger partial charge on any atom is 0.573 e. The van der Waals surface area contributed by atoms with Crippen molar-refractivity contribution < 1.29 is 22.7 Å². The molecule has 0 radical (unpaired) electrons. The number of carbonyl (C=O) groups is 1. The minimum Gasteiger partial charge on any atom is -0.406 e. The molecule has 1 aromatic heterocycles. The van der Waals surface area contributed by atoms with E-state index < -0.39 is 6.36 Å². The molecule has 1 amide bonds. The van der Waals surface area contributed by atoms with Gasteiger partial charge in [0.05, 0.1) is 0 Å². The number of rotatable bonds is 8. The first-order valence-electron chi connectivity index (χ1n) is 9.87. The predicted molar refractivity (Wildman–Crippen MR) is 111 cm³/mol. The van der Waals surface area contributed by atoms with Crippen LogP contribution in [0, 0.1) is 0 Å². The average Bonchev–Trinajstić information content (AvgIpc) is 3.19. The lowest BCUT2D eigenvalue weighted by Crippen LogP contribution is -2.48. The number of carbonyl (C=O) groups excluding carboxylic acids is 1. The van der Waals surface area contributed by atoms with Gasteiger partial charge in [-0.15, -0.1) is 13.2 Å². The molecule has 30 heavy (non-hydrogen) atoms. The third-order valence-electron chi connectivity index (χ3n) is 5.39. The molecule has 2 heterocycles. The highest BCUT2D eigenvalue weighted by Gasteiger charge is 2.31. The molecule has 0 spiro atoms. The number of hydrogen-bond donors (Lipinski definition) is 1. The Morgan fingerprint density at radius 1 is 1.27 bits per heavy atom. The van der Waals surface area contributed by atoms with Gasteiger partial charge in [0.15, 0.2) is 0 Å². The molecule has 0 bridgehead atoms. The monoisotopic (exact) mass is 441 g/mol. The van der Waals surface area contributed by atoms with Gasteiger partial charge in [-0.1, -0.05) is 0 Å². The summed E-state index contributed by atoms with van der Waals surface area (Å²) in [5.74, 6) is -0.526. The fraction of sp³-hybridized carbons (Fsp3) is 0.476. The number of hydrogen-bond acceptors (Lipinski definition) is 5. The maximum atomic E-state index is 12.5. The van der Waals surface area contributed by atoms with Crippen molar-refractivity contribution in [2.75, 3.05) is 18.0 Å². The zero-order valence-electron chi connectivity index (χ0n) is 16.8. The molecule has 164 valence electrons. The van der Waals surface area contributed by atoms with E-state index in [2.05, 4.69) is 26.0 Å². The third kappa shape index (κ3) is 6.37. The quantitative estimate of drug-likeness (QED) is 0.661. The number of piperidine rings is 1. The van der Waals surface area contributed by atoms with Gasteiger partial charge in [0.25, 0.3) is 0 Å². The van der Waals surface area contributed by atoms with E-state index in [9.17, 15) is 18.0 Å². The summed E-state index contributed by atoms with van der Waals surface area (Å²) in [6, 6.07) is 8.47. The van der Waals surface area contributed by atoms with E-state index >= 15 is 0 Å². The molecule has 0 aliphatic carbocycles. The zero-order valence-corrected chi connectivity index (χ0v) is 17.6. The minimum absolute atomic E-state index is 0.104. The van der Waals surface area contributed by atoms with Crippen LogP contribution in [0.4, 0.5) is 18.9 Å². The highest BCUT2D eigenvalue weighted by Crippen LogP contribution is 2.30. The van der Waals surface area contributed by atoms with Crippen molar-refractivity contribution >= 4 is 22.9 Å². The highest BCUT2D eigenvalue weighted by molar-refractivity contribution is 7.07. The molecule has 1 saturated heterocycles. The number of nitrogens with two attached hydrogens (primary N) is 1. The topological polar surface area (TPSA) is 58.8 Å². The summed E-state index contributed by atoms with van der Waals surface area (Å²) >= 11 is 1.62. The minimum atomic E-state index is -4.70. The average molecular weight is 442 g/mol. The molecule has 0 saturated carbocycles. The van der Waals surface area contributed by atoms with Gasteiger partial charge in [0, 0.05) is 43.8 Å². The van der Waals surface area contributed by atoms with Gasteiger partial charge in [-0.05, 0) is 66.4 Å². The van der Waals surface area contributed by atoms with E-state index in [1.807, 2.05) is 12.3 Å². The number of nitrogens with zero attached hydrogens (tertiary/aromatic N) is 2. The SMILES string of the molecule is CC(CC(N)=O)N1CCC(N(Cc2ccsc2)c2ccc(OC(F)(F)F)cc2)CC1. The van der Waals surface area contributed by atoms with Crippen LogP contribution < -0.4 is 15.4 Å². The number of thiophene rings is 1. The van der Waals surface area contributed by atoms with E-state index in [1.165, 1.54) is 17.7 Å². The summed E-state index contributed by atoms with van der Waals surface area (Å²) in [5.41, 5.74) is 7.35. The Morgan fingerprint density at radius 2 is 1.93 bits per heavy atom. The molecule has 1 aliphatic heterocycles. The Balaban J connectivity index is 1.71. The Morgan fingerprint density at radius 3 is 2.47 bits per heavy atom. The first kappa shape index (κ1) is 22.4. The van der Waals surface area contributed by atoms with Crippen LogP contribution in [0.5, 0.6) is 5.75 Å². The van der Waals surface area contributed by atoms with E-state index in [-0.39, 0.29) is 23.7 Å². The van der Waals surface area contributed by atoms with E-state index in [0.717, 1.165) is 31.6 Å².